The second-order valence-electron chi connectivity index (χ2n) is 4.36. The standard InChI is InChI=1S/C16H14O6/c17-15(18)9-21-13-7-3-1-5-11(13)12-6-2-4-8-14(12)22-10-16(19)20/h1-8H,9-10H2,(H,17,18)(H,19,20). The first-order valence-electron chi connectivity index (χ1n) is 6.45. The molecule has 6 heteroatoms. The third kappa shape index (κ3) is 3.99. The van der Waals surface area contributed by atoms with Gasteiger partial charge in [-0.25, -0.2) is 9.59 Å². The van der Waals surface area contributed by atoms with Gasteiger partial charge in [-0.05, 0) is 12.1 Å². The lowest BCUT2D eigenvalue weighted by Crippen LogP contribution is -2.11. The fourth-order valence-electron chi connectivity index (χ4n) is 1.91. The van der Waals surface area contributed by atoms with Gasteiger partial charge in [-0.1, -0.05) is 36.4 Å². The highest BCUT2D eigenvalue weighted by molar-refractivity contribution is 5.77. The van der Waals surface area contributed by atoms with E-state index in [0.29, 0.717) is 22.6 Å². The molecule has 0 aromatic heterocycles. The van der Waals surface area contributed by atoms with Crippen molar-refractivity contribution in [3.05, 3.63) is 48.5 Å². The van der Waals surface area contributed by atoms with Gasteiger partial charge in [0.25, 0.3) is 0 Å². The van der Waals surface area contributed by atoms with E-state index in [9.17, 15) is 9.59 Å². The summed E-state index contributed by atoms with van der Waals surface area (Å²) in [5.41, 5.74) is 1.26. The molecule has 0 bridgehead atoms. The summed E-state index contributed by atoms with van der Waals surface area (Å²) in [6.07, 6.45) is 0. The van der Waals surface area contributed by atoms with Crippen LogP contribution >= 0.6 is 0 Å². The molecule has 114 valence electrons. The van der Waals surface area contributed by atoms with Crippen LogP contribution in [-0.2, 0) is 9.59 Å². The minimum atomic E-state index is -1.08. The summed E-state index contributed by atoms with van der Waals surface area (Å²) >= 11 is 0. The summed E-state index contributed by atoms with van der Waals surface area (Å²) in [5.74, 6) is -1.39. The molecule has 0 radical (unpaired) electrons. The zero-order valence-corrected chi connectivity index (χ0v) is 11.6. The van der Waals surface area contributed by atoms with Crippen molar-refractivity contribution < 1.29 is 29.3 Å². The Kier molecular flexibility index (Phi) is 4.98. The fraction of sp³-hybridized carbons (Fsp3) is 0.125. The van der Waals surface area contributed by atoms with Crippen molar-refractivity contribution in [2.75, 3.05) is 13.2 Å². The SMILES string of the molecule is O=C(O)COc1ccccc1-c1ccccc1OCC(=O)O. The van der Waals surface area contributed by atoms with E-state index in [0.717, 1.165) is 0 Å². The van der Waals surface area contributed by atoms with Gasteiger partial charge < -0.3 is 19.7 Å². The molecule has 0 aliphatic carbocycles. The lowest BCUT2D eigenvalue weighted by Gasteiger charge is -2.13. The number of carbonyl (C=O) groups is 2. The molecule has 0 saturated carbocycles. The summed E-state index contributed by atoms with van der Waals surface area (Å²) in [4.78, 5) is 21.3. The molecule has 0 spiro atoms. The van der Waals surface area contributed by atoms with Gasteiger partial charge in [-0.3, -0.25) is 0 Å². The fourth-order valence-corrected chi connectivity index (χ4v) is 1.91. The number of aliphatic carboxylic acids is 2. The third-order valence-electron chi connectivity index (χ3n) is 2.77. The van der Waals surface area contributed by atoms with E-state index in [1.807, 2.05) is 0 Å². The highest BCUT2D eigenvalue weighted by Crippen LogP contribution is 2.36. The zero-order chi connectivity index (χ0) is 15.9. The molecule has 22 heavy (non-hydrogen) atoms. The second kappa shape index (κ2) is 7.12. The summed E-state index contributed by atoms with van der Waals surface area (Å²) in [6.45, 7) is -0.926. The van der Waals surface area contributed by atoms with Gasteiger partial charge in [0.1, 0.15) is 11.5 Å². The van der Waals surface area contributed by atoms with E-state index in [4.69, 9.17) is 19.7 Å². The Balaban J connectivity index is 2.35. The Morgan fingerprint density at radius 1 is 0.727 bits per heavy atom. The molecule has 0 amide bonds. The number of hydrogen-bond donors (Lipinski definition) is 2. The topological polar surface area (TPSA) is 93.1 Å². The van der Waals surface area contributed by atoms with E-state index in [1.54, 1.807) is 48.5 Å². The van der Waals surface area contributed by atoms with Gasteiger partial charge in [0.15, 0.2) is 13.2 Å². The molecule has 0 atom stereocenters. The van der Waals surface area contributed by atoms with Crippen LogP contribution in [0.15, 0.2) is 48.5 Å². The Bertz CT molecular complexity index is 620. The van der Waals surface area contributed by atoms with Gasteiger partial charge in [-0.15, -0.1) is 0 Å². The van der Waals surface area contributed by atoms with Crippen LogP contribution in [0.3, 0.4) is 0 Å². The quantitative estimate of drug-likeness (QED) is 0.815. The number of ether oxygens (including phenoxy) is 2. The smallest absolute Gasteiger partial charge is 0.341 e. The van der Waals surface area contributed by atoms with Crippen molar-refractivity contribution >= 4 is 11.9 Å². The number of para-hydroxylation sites is 2. The number of carboxylic acids is 2. The van der Waals surface area contributed by atoms with Crippen LogP contribution < -0.4 is 9.47 Å². The Labute approximate surface area is 126 Å². The molecule has 2 aromatic rings. The lowest BCUT2D eigenvalue weighted by molar-refractivity contribution is -0.140. The first kappa shape index (κ1) is 15.4. The van der Waals surface area contributed by atoms with E-state index < -0.39 is 25.2 Å². The monoisotopic (exact) mass is 302 g/mol. The largest absolute Gasteiger partial charge is 0.481 e. The van der Waals surface area contributed by atoms with Crippen LogP contribution in [0.25, 0.3) is 11.1 Å². The molecule has 0 heterocycles. The first-order valence-corrected chi connectivity index (χ1v) is 6.45. The summed E-state index contributed by atoms with van der Waals surface area (Å²) in [5, 5.41) is 17.4. The minimum absolute atomic E-state index is 0.385. The summed E-state index contributed by atoms with van der Waals surface area (Å²) < 4.78 is 10.5. The van der Waals surface area contributed by atoms with Crippen molar-refractivity contribution in [1.82, 2.24) is 0 Å². The summed E-state index contributed by atoms with van der Waals surface area (Å²) in [7, 11) is 0. The van der Waals surface area contributed by atoms with Gasteiger partial charge >= 0.3 is 11.9 Å². The summed E-state index contributed by atoms with van der Waals surface area (Å²) in [6, 6.07) is 13.8. The van der Waals surface area contributed by atoms with Crippen molar-refractivity contribution in [3.8, 4) is 22.6 Å². The van der Waals surface area contributed by atoms with Crippen LogP contribution in [0.1, 0.15) is 0 Å². The maximum absolute atomic E-state index is 10.6. The van der Waals surface area contributed by atoms with Crippen molar-refractivity contribution in [2.45, 2.75) is 0 Å². The van der Waals surface area contributed by atoms with E-state index in [-0.39, 0.29) is 0 Å². The Morgan fingerprint density at radius 2 is 1.09 bits per heavy atom. The molecule has 0 fully saturated rings. The van der Waals surface area contributed by atoms with Crippen LogP contribution in [0.2, 0.25) is 0 Å². The number of hydrogen-bond acceptors (Lipinski definition) is 4. The number of rotatable bonds is 7. The maximum atomic E-state index is 10.6. The van der Waals surface area contributed by atoms with E-state index >= 15 is 0 Å². The average Bonchev–Trinajstić information content (AvgIpc) is 2.51. The van der Waals surface area contributed by atoms with Gasteiger partial charge in [0.05, 0.1) is 0 Å². The van der Waals surface area contributed by atoms with Gasteiger partial charge in [-0.2, -0.15) is 0 Å². The molecule has 6 nitrogen and oxygen atoms in total. The molecule has 0 aliphatic rings. The highest BCUT2D eigenvalue weighted by atomic mass is 16.5. The first-order chi connectivity index (χ1) is 10.6. The van der Waals surface area contributed by atoms with Crippen LogP contribution in [0.5, 0.6) is 11.5 Å². The van der Waals surface area contributed by atoms with Crippen LogP contribution in [0.4, 0.5) is 0 Å². The van der Waals surface area contributed by atoms with Crippen molar-refractivity contribution in [2.24, 2.45) is 0 Å². The van der Waals surface area contributed by atoms with Crippen molar-refractivity contribution in [1.29, 1.82) is 0 Å². The Hall–Kier alpha value is -3.02. The third-order valence-corrected chi connectivity index (χ3v) is 2.77. The molecule has 0 aliphatic heterocycles. The van der Waals surface area contributed by atoms with Gasteiger partial charge in [0.2, 0.25) is 0 Å². The predicted octanol–water partition coefficient (Wildman–Crippen LogP) is 2.28. The van der Waals surface area contributed by atoms with Gasteiger partial charge in [0, 0.05) is 11.1 Å². The molecule has 2 N–H and O–H groups in total. The minimum Gasteiger partial charge on any atom is -0.481 e. The molecular formula is C16H14O6. The maximum Gasteiger partial charge on any atom is 0.341 e. The number of carboxylic acid groups (broad SMARTS) is 2. The van der Waals surface area contributed by atoms with Crippen LogP contribution in [-0.4, -0.2) is 35.4 Å². The molecule has 0 saturated heterocycles. The predicted molar refractivity (Wildman–Crippen MR) is 78.1 cm³/mol. The van der Waals surface area contributed by atoms with E-state index in [2.05, 4.69) is 0 Å². The second-order valence-corrected chi connectivity index (χ2v) is 4.36. The highest BCUT2D eigenvalue weighted by Gasteiger charge is 2.12. The molecular weight excluding hydrogens is 288 g/mol. The van der Waals surface area contributed by atoms with Crippen molar-refractivity contribution in [3.63, 3.8) is 0 Å². The Morgan fingerprint density at radius 3 is 1.45 bits per heavy atom. The van der Waals surface area contributed by atoms with E-state index in [1.165, 1.54) is 0 Å². The zero-order valence-electron chi connectivity index (χ0n) is 11.6. The average molecular weight is 302 g/mol. The van der Waals surface area contributed by atoms with Crippen LogP contribution in [0, 0.1) is 0 Å². The normalized spacial score (nSPS) is 10.0. The lowest BCUT2D eigenvalue weighted by atomic mass is 10.0. The number of benzene rings is 2. The molecule has 0 unspecified atom stereocenters. The molecule has 2 rings (SSSR count). The molecule has 2 aromatic carbocycles.